The number of nitrogens with zero attached hydrogens (tertiary/aromatic N) is 4. The summed E-state index contributed by atoms with van der Waals surface area (Å²) in [6.45, 7) is 10.0. The molecule has 0 aliphatic carbocycles. The Labute approximate surface area is 136 Å². The molecule has 3 rings (SSSR count). The van der Waals surface area contributed by atoms with E-state index < -0.39 is 0 Å². The van der Waals surface area contributed by atoms with Crippen LogP contribution in [0.4, 0.5) is 5.82 Å². The van der Waals surface area contributed by atoms with E-state index in [1.807, 2.05) is 41.5 Å². The number of anilines is 1. The molecule has 3 heterocycles. The smallest absolute Gasteiger partial charge is 0.153 e. The minimum atomic E-state index is 0.499. The van der Waals surface area contributed by atoms with Gasteiger partial charge in [-0.3, -0.25) is 0 Å². The summed E-state index contributed by atoms with van der Waals surface area (Å²) < 4.78 is 1.85. The first kappa shape index (κ1) is 15.6. The van der Waals surface area contributed by atoms with E-state index in [-0.39, 0.29) is 0 Å². The summed E-state index contributed by atoms with van der Waals surface area (Å²) in [6, 6.07) is 4.55. The summed E-state index contributed by atoms with van der Waals surface area (Å²) in [4.78, 5) is 6.96. The number of fused-ring (bicyclic) bond motifs is 1. The minimum Gasteiger partial charge on any atom is -0.365 e. The van der Waals surface area contributed by atoms with Crippen LogP contribution >= 0.6 is 11.8 Å². The molecule has 1 fully saturated rings. The van der Waals surface area contributed by atoms with E-state index in [2.05, 4.69) is 34.1 Å². The van der Waals surface area contributed by atoms with Crippen molar-refractivity contribution in [2.75, 3.05) is 30.7 Å². The van der Waals surface area contributed by atoms with Gasteiger partial charge in [0, 0.05) is 31.4 Å². The van der Waals surface area contributed by atoms with E-state index in [0.717, 1.165) is 29.0 Å². The summed E-state index contributed by atoms with van der Waals surface area (Å²) in [5.74, 6) is 2.16. The third-order valence-electron chi connectivity index (χ3n) is 3.92. The standard InChI is InChI=1S/C16H25N5S/c1-12(2)22-9-8-20-7-6-14(11-20)18-15-4-5-16-17-13(3)10-21(16)19-15/h4-5,10,12,14H,6-9,11H2,1-3H3,(H,18,19). The Morgan fingerprint density at radius 2 is 2.27 bits per heavy atom. The van der Waals surface area contributed by atoms with Gasteiger partial charge in [0.25, 0.3) is 0 Å². The van der Waals surface area contributed by atoms with Crippen molar-refractivity contribution in [3.8, 4) is 0 Å². The molecule has 1 saturated heterocycles. The molecule has 1 aliphatic heterocycles. The molecular formula is C16H25N5S. The molecule has 0 spiro atoms. The number of aryl methyl sites for hydroxylation is 1. The number of aromatic nitrogens is 3. The first-order valence-corrected chi connectivity index (χ1v) is 9.08. The van der Waals surface area contributed by atoms with Gasteiger partial charge >= 0.3 is 0 Å². The number of hydrogen-bond acceptors (Lipinski definition) is 5. The minimum absolute atomic E-state index is 0.499. The molecule has 0 radical (unpaired) electrons. The lowest BCUT2D eigenvalue weighted by atomic mass is 10.2. The SMILES string of the molecule is Cc1cn2nc(NC3CCN(CCSC(C)C)C3)ccc2n1. The molecule has 0 amide bonds. The van der Waals surface area contributed by atoms with Crippen LogP contribution in [0.2, 0.25) is 0 Å². The monoisotopic (exact) mass is 319 g/mol. The van der Waals surface area contributed by atoms with Gasteiger partial charge in [-0.15, -0.1) is 5.10 Å². The van der Waals surface area contributed by atoms with E-state index in [9.17, 15) is 0 Å². The molecule has 22 heavy (non-hydrogen) atoms. The number of nitrogens with one attached hydrogen (secondary N) is 1. The topological polar surface area (TPSA) is 45.5 Å². The number of imidazole rings is 1. The van der Waals surface area contributed by atoms with Gasteiger partial charge < -0.3 is 10.2 Å². The molecule has 0 aromatic carbocycles. The van der Waals surface area contributed by atoms with Crippen LogP contribution in [0.3, 0.4) is 0 Å². The first-order valence-electron chi connectivity index (χ1n) is 8.03. The van der Waals surface area contributed by atoms with Gasteiger partial charge in [-0.1, -0.05) is 13.8 Å². The van der Waals surface area contributed by atoms with Crippen molar-refractivity contribution in [3.05, 3.63) is 24.0 Å². The van der Waals surface area contributed by atoms with Crippen molar-refractivity contribution < 1.29 is 0 Å². The second-order valence-electron chi connectivity index (χ2n) is 6.25. The predicted molar refractivity (Wildman–Crippen MR) is 93.8 cm³/mol. The van der Waals surface area contributed by atoms with Crippen LogP contribution in [0.1, 0.15) is 26.0 Å². The fraction of sp³-hybridized carbons (Fsp3) is 0.625. The zero-order chi connectivity index (χ0) is 15.5. The van der Waals surface area contributed by atoms with Crippen LogP contribution in [-0.4, -0.2) is 56.2 Å². The predicted octanol–water partition coefficient (Wildman–Crippen LogP) is 2.67. The second kappa shape index (κ2) is 6.87. The Hall–Kier alpha value is -1.27. The molecule has 120 valence electrons. The number of rotatable bonds is 6. The normalized spacial score (nSPS) is 19.4. The van der Waals surface area contributed by atoms with E-state index >= 15 is 0 Å². The molecule has 2 aromatic heterocycles. The molecule has 1 atom stereocenters. The zero-order valence-electron chi connectivity index (χ0n) is 13.6. The van der Waals surface area contributed by atoms with Crippen LogP contribution in [0, 0.1) is 6.92 Å². The van der Waals surface area contributed by atoms with E-state index in [0.29, 0.717) is 6.04 Å². The van der Waals surface area contributed by atoms with Gasteiger partial charge in [0.2, 0.25) is 0 Å². The molecule has 1 unspecified atom stereocenters. The van der Waals surface area contributed by atoms with Crippen molar-refractivity contribution in [1.29, 1.82) is 0 Å². The number of likely N-dealkylation sites (tertiary alicyclic amines) is 1. The third kappa shape index (κ3) is 3.93. The largest absolute Gasteiger partial charge is 0.365 e. The summed E-state index contributed by atoms with van der Waals surface area (Å²) in [5.41, 5.74) is 1.90. The average molecular weight is 319 g/mol. The Morgan fingerprint density at radius 3 is 3.09 bits per heavy atom. The number of hydrogen-bond donors (Lipinski definition) is 1. The molecule has 2 aromatic rings. The van der Waals surface area contributed by atoms with Crippen LogP contribution in [-0.2, 0) is 0 Å². The summed E-state index contributed by atoms with van der Waals surface area (Å²) in [6.07, 6.45) is 3.15. The Bertz CT molecular complexity index is 624. The lowest BCUT2D eigenvalue weighted by molar-refractivity contribution is 0.358. The number of thioether (sulfide) groups is 1. The van der Waals surface area contributed by atoms with Gasteiger partial charge in [0.1, 0.15) is 5.82 Å². The van der Waals surface area contributed by atoms with Crippen molar-refractivity contribution in [1.82, 2.24) is 19.5 Å². The lowest BCUT2D eigenvalue weighted by Crippen LogP contribution is -2.28. The molecule has 1 aliphatic rings. The Morgan fingerprint density at radius 1 is 1.41 bits per heavy atom. The molecule has 5 nitrogen and oxygen atoms in total. The second-order valence-corrected chi connectivity index (χ2v) is 7.94. The highest BCUT2D eigenvalue weighted by Gasteiger charge is 2.22. The molecule has 6 heteroatoms. The van der Waals surface area contributed by atoms with Crippen LogP contribution in [0.25, 0.3) is 5.65 Å². The van der Waals surface area contributed by atoms with Crippen molar-refractivity contribution in [3.63, 3.8) is 0 Å². The van der Waals surface area contributed by atoms with Gasteiger partial charge in [-0.25, -0.2) is 9.50 Å². The fourth-order valence-corrected chi connectivity index (χ4v) is 3.69. The maximum absolute atomic E-state index is 4.59. The summed E-state index contributed by atoms with van der Waals surface area (Å²) >= 11 is 2.04. The lowest BCUT2D eigenvalue weighted by Gasteiger charge is -2.17. The van der Waals surface area contributed by atoms with Gasteiger partial charge in [0.05, 0.1) is 11.9 Å². The summed E-state index contributed by atoms with van der Waals surface area (Å²) in [5, 5.41) is 8.88. The molecule has 0 saturated carbocycles. The third-order valence-corrected chi connectivity index (χ3v) is 5.01. The fourth-order valence-electron chi connectivity index (χ4n) is 2.86. The molecule has 0 bridgehead atoms. The highest BCUT2D eigenvalue weighted by Crippen LogP contribution is 2.16. The van der Waals surface area contributed by atoms with Crippen molar-refractivity contribution in [2.45, 2.75) is 38.5 Å². The van der Waals surface area contributed by atoms with E-state index in [1.165, 1.54) is 25.3 Å². The highest BCUT2D eigenvalue weighted by molar-refractivity contribution is 7.99. The Balaban J connectivity index is 1.52. The zero-order valence-corrected chi connectivity index (χ0v) is 14.4. The van der Waals surface area contributed by atoms with Gasteiger partial charge in [-0.2, -0.15) is 11.8 Å². The maximum Gasteiger partial charge on any atom is 0.153 e. The van der Waals surface area contributed by atoms with Crippen LogP contribution < -0.4 is 5.32 Å². The van der Waals surface area contributed by atoms with Crippen molar-refractivity contribution in [2.24, 2.45) is 0 Å². The van der Waals surface area contributed by atoms with E-state index in [4.69, 9.17) is 0 Å². The molecule has 1 N–H and O–H groups in total. The van der Waals surface area contributed by atoms with Gasteiger partial charge in [-0.05, 0) is 30.7 Å². The molecular weight excluding hydrogens is 294 g/mol. The maximum atomic E-state index is 4.59. The van der Waals surface area contributed by atoms with Crippen LogP contribution in [0.15, 0.2) is 18.3 Å². The quantitative estimate of drug-likeness (QED) is 0.887. The van der Waals surface area contributed by atoms with Crippen LogP contribution in [0.5, 0.6) is 0 Å². The summed E-state index contributed by atoms with van der Waals surface area (Å²) in [7, 11) is 0. The highest BCUT2D eigenvalue weighted by atomic mass is 32.2. The van der Waals surface area contributed by atoms with Crippen molar-refractivity contribution >= 4 is 23.2 Å². The van der Waals surface area contributed by atoms with E-state index in [1.54, 1.807) is 0 Å². The first-order chi connectivity index (χ1) is 10.6. The van der Waals surface area contributed by atoms with Gasteiger partial charge in [0.15, 0.2) is 5.65 Å². The average Bonchev–Trinajstić information content (AvgIpc) is 3.03. The Kier molecular flexibility index (Phi) is 4.88.